The van der Waals surface area contributed by atoms with E-state index < -0.39 is 0 Å². The van der Waals surface area contributed by atoms with Crippen LogP contribution in [0.4, 0.5) is 0 Å². The van der Waals surface area contributed by atoms with Crippen LogP contribution in [0.15, 0.2) is 4.47 Å². The summed E-state index contributed by atoms with van der Waals surface area (Å²) in [6.45, 7) is 5.19. The lowest BCUT2D eigenvalue weighted by Gasteiger charge is -2.26. The molecule has 1 rings (SSSR count). The molecule has 1 unspecified atom stereocenters. The Morgan fingerprint density at radius 3 is 2.40 bits per heavy atom. The summed E-state index contributed by atoms with van der Waals surface area (Å²) in [6.07, 6.45) is 2.52. The lowest BCUT2D eigenvalue weighted by molar-refractivity contribution is -0.122. The van der Waals surface area contributed by atoms with Crippen molar-refractivity contribution in [2.24, 2.45) is 7.05 Å². The van der Waals surface area contributed by atoms with Gasteiger partial charge in [0.1, 0.15) is 0 Å². The maximum Gasteiger partial charge on any atom is 0.172 e. The standard InChI is InChI=1S/C14H26BrN3O2/c1-6-8-16-11(14(19-4)20-5)9-12-13(15)10(7-2)17-18(12)3/h11,14,16H,6-9H2,1-5H3. The second-order valence-corrected chi connectivity index (χ2v) is 5.58. The van der Waals surface area contributed by atoms with Crippen molar-refractivity contribution >= 4 is 15.9 Å². The van der Waals surface area contributed by atoms with Gasteiger partial charge in [-0.15, -0.1) is 0 Å². The highest BCUT2D eigenvalue weighted by molar-refractivity contribution is 9.10. The first kappa shape index (κ1) is 17.6. The van der Waals surface area contributed by atoms with Crippen LogP contribution in [0.5, 0.6) is 0 Å². The maximum absolute atomic E-state index is 5.41. The van der Waals surface area contributed by atoms with Crippen LogP contribution in [0.25, 0.3) is 0 Å². The van der Waals surface area contributed by atoms with E-state index in [-0.39, 0.29) is 12.3 Å². The van der Waals surface area contributed by atoms with Crippen LogP contribution in [-0.4, -0.2) is 42.9 Å². The van der Waals surface area contributed by atoms with Gasteiger partial charge in [0.05, 0.1) is 21.9 Å². The molecule has 116 valence electrons. The summed E-state index contributed by atoms with van der Waals surface area (Å²) in [7, 11) is 5.32. The molecule has 0 saturated carbocycles. The first-order valence-corrected chi connectivity index (χ1v) is 7.87. The van der Waals surface area contributed by atoms with Crippen LogP contribution < -0.4 is 5.32 Å². The second-order valence-electron chi connectivity index (χ2n) is 4.79. The minimum Gasteiger partial charge on any atom is -0.354 e. The van der Waals surface area contributed by atoms with Gasteiger partial charge < -0.3 is 14.8 Å². The Hall–Kier alpha value is -0.430. The van der Waals surface area contributed by atoms with E-state index in [4.69, 9.17) is 9.47 Å². The molecule has 0 spiro atoms. The minimum atomic E-state index is -0.270. The third-order valence-corrected chi connectivity index (χ3v) is 4.28. The predicted molar refractivity (Wildman–Crippen MR) is 83.9 cm³/mol. The van der Waals surface area contributed by atoms with E-state index in [1.165, 1.54) is 0 Å². The van der Waals surface area contributed by atoms with Gasteiger partial charge in [0.25, 0.3) is 0 Å². The summed E-state index contributed by atoms with van der Waals surface area (Å²) in [4.78, 5) is 0. The SMILES string of the molecule is CCCNC(Cc1c(Br)c(CC)nn1C)C(OC)OC. The van der Waals surface area contributed by atoms with Gasteiger partial charge in [-0.3, -0.25) is 4.68 Å². The fourth-order valence-electron chi connectivity index (χ4n) is 2.27. The number of aromatic nitrogens is 2. The second kappa shape index (κ2) is 8.77. The molecular formula is C14H26BrN3O2. The van der Waals surface area contributed by atoms with Gasteiger partial charge in [0.2, 0.25) is 0 Å². The summed E-state index contributed by atoms with van der Waals surface area (Å²) in [5.74, 6) is 0. The van der Waals surface area contributed by atoms with Crippen molar-refractivity contribution in [2.45, 2.75) is 45.4 Å². The molecule has 1 aromatic rings. The van der Waals surface area contributed by atoms with Gasteiger partial charge in [-0.25, -0.2) is 0 Å². The molecule has 1 atom stereocenters. The Bertz CT molecular complexity index is 405. The molecule has 0 radical (unpaired) electrons. The van der Waals surface area contributed by atoms with E-state index in [0.717, 1.165) is 41.7 Å². The first-order chi connectivity index (χ1) is 9.58. The van der Waals surface area contributed by atoms with Gasteiger partial charge in [-0.05, 0) is 35.3 Å². The Morgan fingerprint density at radius 1 is 1.30 bits per heavy atom. The number of hydrogen-bond acceptors (Lipinski definition) is 4. The fourth-order valence-corrected chi connectivity index (χ4v) is 3.05. The molecule has 6 heteroatoms. The van der Waals surface area contributed by atoms with Gasteiger partial charge in [0.15, 0.2) is 6.29 Å². The molecule has 0 fully saturated rings. The summed E-state index contributed by atoms with van der Waals surface area (Å²) >= 11 is 3.66. The van der Waals surface area contributed by atoms with Crippen LogP contribution >= 0.6 is 15.9 Å². The van der Waals surface area contributed by atoms with E-state index in [2.05, 4.69) is 40.2 Å². The van der Waals surface area contributed by atoms with Crippen molar-refractivity contribution in [3.63, 3.8) is 0 Å². The van der Waals surface area contributed by atoms with Crippen LogP contribution in [0.3, 0.4) is 0 Å². The largest absolute Gasteiger partial charge is 0.354 e. The quantitative estimate of drug-likeness (QED) is 0.696. The van der Waals surface area contributed by atoms with Gasteiger partial charge >= 0.3 is 0 Å². The molecule has 0 aliphatic rings. The van der Waals surface area contributed by atoms with E-state index in [1.54, 1.807) is 14.2 Å². The highest BCUT2D eigenvalue weighted by atomic mass is 79.9. The summed E-state index contributed by atoms with van der Waals surface area (Å²) < 4.78 is 13.9. The maximum atomic E-state index is 5.41. The summed E-state index contributed by atoms with van der Waals surface area (Å²) in [5.41, 5.74) is 2.25. The molecule has 1 aromatic heterocycles. The molecule has 0 aromatic carbocycles. The van der Waals surface area contributed by atoms with Crippen molar-refractivity contribution in [2.75, 3.05) is 20.8 Å². The van der Waals surface area contributed by atoms with Crippen molar-refractivity contribution in [1.29, 1.82) is 0 Å². The fraction of sp³-hybridized carbons (Fsp3) is 0.786. The van der Waals surface area contributed by atoms with Crippen LogP contribution in [0, 0.1) is 0 Å². The smallest absolute Gasteiger partial charge is 0.172 e. The first-order valence-electron chi connectivity index (χ1n) is 7.08. The van der Waals surface area contributed by atoms with E-state index >= 15 is 0 Å². The van der Waals surface area contributed by atoms with Gasteiger partial charge in [0, 0.05) is 27.7 Å². The number of halogens is 1. The molecule has 1 N–H and O–H groups in total. The number of hydrogen-bond donors (Lipinski definition) is 1. The lowest BCUT2D eigenvalue weighted by atomic mass is 10.1. The molecule has 0 aliphatic carbocycles. The number of nitrogens with one attached hydrogen (secondary N) is 1. The molecule has 0 bridgehead atoms. The number of aryl methyl sites for hydroxylation is 2. The van der Waals surface area contributed by atoms with Gasteiger partial charge in [-0.2, -0.15) is 5.10 Å². The van der Waals surface area contributed by atoms with Crippen LogP contribution in [-0.2, 0) is 29.4 Å². The third-order valence-electron chi connectivity index (χ3n) is 3.37. The Kier molecular flexibility index (Phi) is 7.72. The summed E-state index contributed by atoms with van der Waals surface area (Å²) in [6, 6.07) is 0.0985. The van der Waals surface area contributed by atoms with E-state index in [9.17, 15) is 0 Å². The molecule has 0 amide bonds. The highest BCUT2D eigenvalue weighted by Gasteiger charge is 2.24. The normalized spacial score (nSPS) is 13.2. The zero-order valence-electron chi connectivity index (χ0n) is 13.1. The average Bonchev–Trinajstić information content (AvgIpc) is 2.72. The zero-order valence-corrected chi connectivity index (χ0v) is 14.7. The molecule has 20 heavy (non-hydrogen) atoms. The van der Waals surface area contributed by atoms with Crippen molar-refractivity contribution < 1.29 is 9.47 Å². The summed E-state index contributed by atoms with van der Waals surface area (Å²) in [5, 5.41) is 8.02. The molecule has 0 aliphatic heterocycles. The number of rotatable bonds is 9. The van der Waals surface area contributed by atoms with Crippen molar-refractivity contribution in [1.82, 2.24) is 15.1 Å². The number of methoxy groups -OCH3 is 2. The van der Waals surface area contributed by atoms with Crippen molar-refractivity contribution in [3.05, 3.63) is 15.9 Å². The number of nitrogens with zero attached hydrogens (tertiary/aromatic N) is 2. The lowest BCUT2D eigenvalue weighted by Crippen LogP contribution is -2.44. The third kappa shape index (κ3) is 4.28. The Labute approximate surface area is 130 Å². The van der Waals surface area contributed by atoms with Gasteiger partial charge in [-0.1, -0.05) is 13.8 Å². The van der Waals surface area contributed by atoms with E-state index in [1.807, 2.05) is 11.7 Å². The monoisotopic (exact) mass is 347 g/mol. The topological polar surface area (TPSA) is 48.3 Å². The number of ether oxygens (including phenoxy) is 2. The minimum absolute atomic E-state index is 0.0985. The predicted octanol–water partition coefficient (Wildman–Crippen LogP) is 2.27. The van der Waals surface area contributed by atoms with Crippen LogP contribution in [0.2, 0.25) is 0 Å². The van der Waals surface area contributed by atoms with E-state index in [0.29, 0.717) is 0 Å². The van der Waals surface area contributed by atoms with Crippen molar-refractivity contribution in [3.8, 4) is 0 Å². The molecule has 0 saturated heterocycles. The average molecular weight is 348 g/mol. The van der Waals surface area contributed by atoms with Crippen LogP contribution in [0.1, 0.15) is 31.7 Å². The highest BCUT2D eigenvalue weighted by Crippen LogP contribution is 2.23. The molecule has 5 nitrogen and oxygen atoms in total. The Balaban J connectivity index is 2.91. The Morgan fingerprint density at radius 2 is 1.95 bits per heavy atom. The zero-order chi connectivity index (χ0) is 15.1. The molecular weight excluding hydrogens is 322 g/mol. The molecule has 1 heterocycles.